The Morgan fingerprint density at radius 2 is 1.62 bits per heavy atom. The number of carbonyl (C=O) groups excluding carboxylic acids is 1. The molecule has 0 atom stereocenters. The molecule has 2 aromatic rings. The average Bonchev–Trinajstić information content (AvgIpc) is 2.48. The first-order valence-corrected chi connectivity index (χ1v) is 7.05. The molecule has 21 heavy (non-hydrogen) atoms. The van der Waals surface area contributed by atoms with Crippen LogP contribution in [0, 0.1) is 5.82 Å². The predicted molar refractivity (Wildman–Crippen MR) is 83.7 cm³/mol. The molecule has 0 fully saturated rings. The smallest absolute Gasteiger partial charge is 0.224 e. The number of rotatable bonds is 6. The highest BCUT2D eigenvalue weighted by molar-refractivity contribution is 5.90. The van der Waals surface area contributed by atoms with Gasteiger partial charge in [-0.2, -0.15) is 0 Å². The van der Waals surface area contributed by atoms with Gasteiger partial charge in [-0.25, -0.2) is 4.39 Å². The zero-order valence-corrected chi connectivity index (χ0v) is 12.0. The van der Waals surface area contributed by atoms with Crippen LogP contribution in [0.15, 0.2) is 48.5 Å². The van der Waals surface area contributed by atoms with Crippen molar-refractivity contribution < 1.29 is 9.18 Å². The maximum Gasteiger partial charge on any atom is 0.224 e. The molecule has 2 rings (SSSR count). The van der Waals surface area contributed by atoms with Crippen LogP contribution in [0.2, 0.25) is 0 Å². The van der Waals surface area contributed by atoms with E-state index in [0.29, 0.717) is 13.0 Å². The maximum absolute atomic E-state index is 12.8. The average molecular weight is 286 g/mol. The van der Waals surface area contributed by atoms with Crippen LogP contribution >= 0.6 is 0 Å². The highest BCUT2D eigenvalue weighted by Crippen LogP contribution is 2.15. The summed E-state index contributed by atoms with van der Waals surface area (Å²) in [7, 11) is 0. The summed E-state index contributed by atoms with van der Waals surface area (Å²) in [6.45, 7) is 2.60. The summed E-state index contributed by atoms with van der Waals surface area (Å²) in [4.78, 5) is 11.5. The van der Waals surface area contributed by atoms with E-state index in [1.807, 2.05) is 31.2 Å². The van der Waals surface area contributed by atoms with Crippen LogP contribution in [0.5, 0.6) is 0 Å². The summed E-state index contributed by atoms with van der Waals surface area (Å²) in [6, 6.07) is 13.9. The van der Waals surface area contributed by atoms with E-state index in [1.165, 1.54) is 12.1 Å². The molecular weight excluding hydrogens is 267 g/mol. The van der Waals surface area contributed by atoms with Gasteiger partial charge in [0.05, 0.1) is 0 Å². The van der Waals surface area contributed by atoms with Crippen LogP contribution in [-0.4, -0.2) is 5.91 Å². The molecule has 0 heterocycles. The van der Waals surface area contributed by atoms with Gasteiger partial charge in [-0.3, -0.25) is 4.79 Å². The topological polar surface area (TPSA) is 41.1 Å². The Bertz CT molecular complexity index is 579. The van der Waals surface area contributed by atoms with Gasteiger partial charge in [-0.05, 0) is 48.4 Å². The predicted octanol–water partition coefficient (Wildman–Crippen LogP) is 4.18. The van der Waals surface area contributed by atoms with Gasteiger partial charge in [0.15, 0.2) is 0 Å². The van der Waals surface area contributed by atoms with E-state index < -0.39 is 0 Å². The van der Waals surface area contributed by atoms with Crippen LogP contribution in [0.1, 0.15) is 25.3 Å². The third-order valence-electron chi connectivity index (χ3n) is 3.06. The molecule has 1 amide bonds. The standard InChI is InChI=1S/C17H19FN2O/c1-2-3-17(21)20-16-10-8-15(9-11-16)19-12-13-4-6-14(18)7-5-13/h4-11,19H,2-3,12H2,1H3,(H,20,21). The van der Waals surface area contributed by atoms with Crippen molar-refractivity contribution in [2.75, 3.05) is 10.6 Å². The lowest BCUT2D eigenvalue weighted by molar-refractivity contribution is -0.116. The third-order valence-corrected chi connectivity index (χ3v) is 3.06. The summed E-state index contributed by atoms with van der Waals surface area (Å²) in [5.74, 6) is -0.199. The second kappa shape index (κ2) is 7.43. The van der Waals surface area contributed by atoms with Crippen molar-refractivity contribution in [3.8, 4) is 0 Å². The normalized spacial score (nSPS) is 10.2. The van der Waals surface area contributed by atoms with Gasteiger partial charge in [0, 0.05) is 24.3 Å². The Labute approximate surface area is 124 Å². The van der Waals surface area contributed by atoms with Crippen molar-refractivity contribution in [2.24, 2.45) is 0 Å². The minimum atomic E-state index is -0.231. The zero-order chi connectivity index (χ0) is 15.1. The number of hydrogen-bond acceptors (Lipinski definition) is 2. The second-order valence-electron chi connectivity index (χ2n) is 4.86. The monoisotopic (exact) mass is 286 g/mol. The number of amides is 1. The van der Waals surface area contributed by atoms with Crippen LogP contribution < -0.4 is 10.6 Å². The van der Waals surface area contributed by atoms with Gasteiger partial charge in [-0.1, -0.05) is 19.1 Å². The molecule has 0 aliphatic heterocycles. The third kappa shape index (κ3) is 4.91. The number of anilines is 2. The van der Waals surface area contributed by atoms with E-state index in [0.717, 1.165) is 23.4 Å². The van der Waals surface area contributed by atoms with Gasteiger partial charge in [0.2, 0.25) is 5.91 Å². The summed E-state index contributed by atoms with van der Waals surface area (Å²) < 4.78 is 12.8. The molecule has 0 radical (unpaired) electrons. The highest BCUT2D eigenvalue weighted by atomic mass is 19.1. The fourth-order valence-corrected chi connectivity index (χ4v) is 1.93. The molecule has 0 aliphatic carbocycles. The second-order valence-corrected chi connectivity index (χ2v) is 4.86. The number of halogens is 1. The molecule has 0 saturated heterocycles. The van der Waals surface area contributed by atoms with Crippen LogP contribution in [0.4, 0.5) is 15.8 Å². The number of nitrogens with one attached hydrogen (secondary N) is 2. The molecule has 0 spiro atoms. The molecule has 3 nitrogen and oxygen atoms in total. The van der Waals surface area contributed by atoms with Crippen molar-refractivity contribution in [2.45, 2.75) is 26.3 Å². The zero-order valence-electron chi connectivity index (χ0n) is 12.0. The van der Waals surface area contributed by atoms with E-state index >= 15 is 0 Å². The summed E-state index contributed by atoms with van der Waals surface area (Å²) in [5.41, 5.74) is 2.75. The molecule has 110 valence electrons. The Morgan fingerprint density at radius 1 is 1.00 bits per heavy atom. The lowest BCUT2D eigenvalue weighted by atomic mass is 10.2. The SMILES string of the molecule is CCCC(=O)Nc1ccc(NCc2ccc(F)cc2)cc1. The van der Waals surface area contributed by atoms with Gasteiger partial charge in [-0.15, -0.1) is 0 Å². The van der Waals surface area contributed by atoms with E-state index in [1.54, 1.807) is 12.1 Å². The molecule has 2 N–H and O–H groups in total. The van der Waals surface area contributed by atoms with Gasteiger partial charge >= 0.3 is 0 Å². The van der Waals surface area contributed by atoms with Crippen molar-refractivity contribution >= 4 is 17.3 Å². The fourth-order valence-electron chi connectivity index (χ4n) is 1.93. The van der Waals surface area contributed by atoms with Crippen LogP contribution in [0.25, 0.3) is 0 Å². The maximum atomic E-state index is 12.8. The van der Waals surface area contributed by atoms with Gasteiger partial charge < -0.3 is 10.6 Å². The minimum absolute atomic E-state index is 0.0320. The Morgan fingerprint density at radius 3 is 2.24 bits per heavy atom. The van der Waals surface area contributed by atoms with Crippen molar-refractivity contribution in [1.82, 2.24) is 0 Å². The van der Waals surface area contributed by atoms with Crippen molar-refractivity contribution in [3.05, 3.63) is 59.9 Å². The molecule has 0 aromatic heterocycles. The lowest BCUT2D eigenvalue weighted by Gasteiger charge is -2.08. The molecule has 0 bridgehead atoms. The van der Waals surface area contributed by atoms with Gasteiger partial charge in [0.1, 0.15) is 5.82 Å². The molecular formula is C17H19FN2O. The molecule has 0 unspecified atom stereocenters. The van der Waals surface area contributed by atoms with Crippen molar-refractivity contribution in [3.63, 3.8) is 0 Å². The van der Waals surface area contributed by atoms with E-state index in [9.17, 15) is 9.18 Å². The van der Waals surface area contributed by atoms with Gasteiger partial charge in [0.25, 0.3) is 0 Å². The van der Waals surface area contributed by atoms with Crippen LogP contribution in [-0.2, 0) is 11.3 Å². The van der Waals surface area contributed by atoms with Crippen molar-refractivity contribution in [1.29, 1.82) is 0 Å². The van der Waals surface area contributed by atoms with Crippen LogP contribution in [0.3, 0.4) is 0 Å². The first-order chi connectivity index (χ1) is 10.2. The highest BCUT2D eigenvalue weighted by Gasteiger charge is 2.01. The minimum Gasteiger partial charge on any atom is -0.381 e. The number of benzene rings is 2. The fraction of sp³-hybridized carbons (Fsp3) is 0.235. The number of hydrogen-bond donors (Lipinski definition) is 2. The molecule has 4 heteroatoms. The molecule has 2 aromatic carbocycles. The summed E-state index contributed by atoms with van der Waals surface area (Å²) >= 11 is 0. The first-order valence-electron chi connectivity index (χ1n) is 7.05. The Kier molecular flexibility index (Phi) is 5.32. The van der Waals surface area contributed by atoms with E-state index in [-0.39, 0.29) is 11.7 Å². The molecule has 0 saturated carbocycles. The Balaban J connectivity index is 1.87. The summed E-state index contributed by atoms with van der Waals surface area (Å²) in [6.07, 6.45) is 1.37. The first kappa shape index (κ1) is 15.0. The Hall–Kier alpha value is -2.36. The molecule has 0 aliphatic rings. The number of carbonyl (C=O) groups is 1. The van der Waals surface area contributed by atoms with E-state index in [2.05, 4.69) is 10.6 Å². The van der Waals surface area contributed by atoms with E-state index in [4.69, 9.17) is 0 Å². The summed E-state index contributed by atoms with van der Waals surface area (Å²) in [5, 5.41) is 6.09. The largest absolute Gasteiger partial charge is 0.381 e. The quantitative estimate of drug-likeness (QED) is 0.836. The lowest BCUT2D eigenvalue weighted by Crippen LogP contribution is -2.10.